The lowest BCUT2D eigenvalue weighted by Gasteiger charge is -2.15. The summed E-state index contributed by atoms with van der Waals surface area (Å²) in [7, 11) is 0. The monoisotopic (exact) mass is 357 g/mol. The fourth-order valence-corrected chi connectivity index (χ4v) is 2.10. The number of esters is 1. The van der Waals surface area contributed by atoms with E-state index in [0.29, 0.717) is 0 Å². The Morgan fingerprint density at radius 2 is 1.94 bits per heavy atom. The van der Waals surface area contributed by atoms with Gasteiger partial charge in [0.2, 0.25) is 0 Å². The van der Waals surface area contributed by atoms with Crippen LogP contribution in [0.4, 0.5) is 8.78 Å². The molecule has 0 atom stereocenters. The minimum atomic E-state index is -3.68. The van der Waals surface area contributed by atoms with Gasteiger partial charge in [-0.2, -0.15) is 8.78 Å². The number of halogens is 4. The SMILES string of the molecule is CCOC(=O)C(F)(F)c1cc(Br)nc(Br)c1. The van der Waals surface area contributed by atoms with E-state index in [9.17, 15) is 13.6 Å². The van der Waals surface area contributed by atoms with Crippen molar-refractivity contribution in [1.82, 2.24) is 4.98 Å². The summed E-state index contributed by atoms with van der Waals surface area (Å²) in [5.41, 5.74) is -0.472. The largest absolute Gasteiger partial charge is 0.461 e. The van der Waals surface area contributed by atoms with Crippen LogP contribution in [-0.2, 0) is 15.5 Å². The summed E-state index contributed by atoms with van der Waals surface area (Å²) in [6.07, 6.45) is 0. The van der Waals surface area contributed by atoms with Gasteiger partial charge in [-0.05, 0) is 50.9 Å². The maximum atomic E-state index is 13.6. The fraction of sp³-hybridized carbons (Fsp3) is 0.333. The summed E-state index contributed by atoms with van der Waals surface area (Å²) in [5, 5.41) is 0. The third-order valence-electron chi connectivity index (χ3n) is 1.66. The van der Waals surface area contributed by atoms with Crippen molar-refractivity contribution < 1.29 is 18.3 Å². The molecule has 0 saturated heterocycles. The zero-order valence-corrected chi connectivity index (χ0v) is 11.3. The highest BCUT2D eigenvalue weighted by Crippen LogP contribution is 2.32. The molecule has 3 nitrogen and oxygen atoms in total. The molecule has 88 valence electrons. The lowest BCUT2D eigenvalue weighted by molar-refractivity contribution is -0.173. The Labute approximate surface area is 107 Å². The van der Waals surface area contributed by atoms with E-state index in [-0.39, 0.29) is 15.8 Å². The zero-order chi connectivity index (χ0) is 12.3. The van der Waals surface area contributed by atoms with E-state index in [1.807, 2.05) is 0 Å². The Bertz CT molecular complexity index is 392. The molecule has 0 aliphatic heterocycles. The van der Waals surface area contributed by atoms with E-state index >= 15 is 0 Å². The van der Waals surface area contributed by atoms with Gasteiger partial charge in [0.05, 0.1) is 6.61 Å². The van der Waals surface area contributed by atoms with Crippen molar-refractivity contribution >= 4 is 37.8 Å². The van der Waals surface area contributed by atoms with Crippen LogP contribution in [-0.4, -0.2) is 17.6 Å². The van der Waals surface area contributed by atoms with Crippen LogP contribution in [0.3, 0.4) is 0 Å². The Hall–Kier alpha value is -0.560. The molecule has 0 radical (unpaired) electrons. The second kappa shape index (κ2) is 5.18. The molecule has 16 heavy (non-hydrogen) atoms. The normalized spacial score (nSPS) is 11.3. The molecule has 0 aliphatic carbocycles. The highest BCUT2D eigenvalue weighted by molar-refractivity contribution is 9.11. The van der Waals surface area contributed by atoms with Crippen molar-refractivity contribution in [2.45, 2.75) is 12.8 Å². The van der Waals surface area contributed by atoms with Crippen LogP contribution < -0.4 is 0 Å². The second-order valence-electron chi connectivity index (χ2n) is 2.80. The summed E-state index contributed by atoms with van der Waals surface area (Å²) in [5.74, 6) is -5.25. The van der Waals surface area contributed by atoms with E-state index < -0.39 is 17.5 Å². The number of nitrogens with zero attached hydrogens (tertiary/aromatic N) is 1. The van der Waals surface area contributed by atoms with Crippen molar-refractivity contribution in [1.29, 1.82) is 0 Å². The number of hydrogen-bond donors (Lipinski definition) is 0. The number of rotatable bonds is 3. The van der Waals surface area contributed by atoms with Crippen LogP contribution in [0.5, 0.6) is 0 Å². The predicted octanol–water partition coefficient (Wildman–Crippen LogP) is 3.26. The van der Waals surface area contributed by atoms with Crippen molar-refractivity contribution in [2.75, 3.05) is 6.61 Å². The first-order chi connectivity index (χ1) is 7.37. The molecule has 7 heteroatoms. The zero-order valence-electron chi connectivity index (χ0n) is 8.14. The molecule has 0 aromatic carbocycles. The molecule has 0 fully saturated rings. The van der Waals surface area contributed by atoms with Gasteiger partial charge in [0.1, 0.15) is 9.21 Å². The van der Waals surface area contributed by atoms with Crippen LogP contribution in [0.15, 0.2) is 21.3 Å². The predicted molar refractivity (Wildman–Crippen MR) is 60.2 cm³/mol. The molecule has 1 aromatic rings. The topological polar surface area (TPSA) is 39.2 Å². The third-order valence-corrected chi connectivity index (χ3v) is 2.47. The average Bonchev–Trinajstić information content (AvgIpc) is 2.16. The first-order valence-electron chi connectivity index (χ1n) is 4.26. The first kappa shape index (κ1) is 13.5. The van der Waals surface area contributed by atoms with Gasteiger partial charge in [-0.3, -0.25) is 0 Å². The number of alkyl halides is 2. The van der Waals surface area contributed by atoms with Gasteiger partial charge in [0, 0.05) is 5.56 Å². The number of aromatic nitrogens is 1. The molecular formula is C9H7Br2F2NO2. The summed E-state index contributed by atoms with van der Waals surface area (Å²) in [6.45, 7) is 1.37. The van der Waals surface area contributed by atoms with Crippen LogP contribution in [0.2, 0.25) is 0 Å². The Kier molecular flexibility index (Phi) is 4.37. The molecule has 1 heterocycles. The minimum Gasteiger partial charge on any atom is -0.461 e. The Morgan fingerprint density at radius 1 is 1.44 bits per heavy atom. The molecule has 0 aliphatic rings. The fourth-order valence-electron chi connectivity index (χ4n) is 0.986. The van der Waals surface area contributed by atoms with Crippen LogP contribution in [0.1, 0.15) is 12.5 Å². The van der Waals surface area contributed by atoms with Gasteiger partial charge < -0.3 is 4.74 Å². The van der Waals surface area contributed by atoms with Gasteiger partial charge in [0.25, 0.3) is 0 Å². The van der Waals surface area contributed by atoms with E-state index in [0.717, 1.165) is 12.1 Å². The second-order valence-corrected chi connectivity index (χ2v) is 4.42. The molecule has 0 bridgehead atoms. The molecule has 0 amide bonds. The minimum absolute atomic E-state index is 0.0954. The van der Waals surface area contributed by atoms with Crippen LogP contribution in [0.25, 0.3) is 0 Å². The van der Waals surface area contributed by atoms with Gasteiger partial charge in [-0.1, -0.05) is 0 Å². The van der Waals surface area contributed by atoms with Crippen LogP contribution >= 0.6 is 31.9 Å². The summed E-state index contributed by atoms with van der Waals surface area (Å²) in [4.78, 5) is 14.9. The van der Waals surface area contributed by atoms with Gasteiger partial charge in [-0.25, -0.2) is 9.78 Å². The highest BCUT2D eigenvalue weighted by atomic mass is 79.9. The molecule has 1 rings (SSSR count). The molecule has 1 aromatic heterocycles. The number of ether oxygens (including phenoxy) is 1. The maximum Gasteiger partial charge on any atom is 0.381 e. The molecule has 0 unspecified atom stereocenters. The first-order valence-corrected chi connectivity index (χ1v) is 5.85. The highest BCUT2D eigenvalue weighted by Gasteiger charge is 2.43. The number of pyridine rings is 1. The standard InChI is InChI=1S/C9H7Br2F2NO2/c1-2-16-8(15)9(12,13)5-3-6(10)14-7(11)4-5/h3-4H,2H2,1H3. The molecule has 0 N–H and O–H groups in total. The van der Waals surface area contributed by atoms with Gasteiger partial charge in [-0.15, -0.1) is 0 Å². The van der Waals surface area contributed by atoms with E-state index in [2.05, 4.69) is 41.6 Å². The van der Waals surface area contributed by atoms with Crippen molar-refractivity contribution in [3.63, 3.8) is 0 Å². The van der Waals surface area contributed by atoms with E-state index in [4.69, 9.17) is 0 Å². The number of hydrogen-bond acceptors (Lipinski definition) is 3. The lowest BCUT2D eigenvalue weighted by atomic mass is 10.1. The number of carbonyl (C=O) groups is 1. The summed E-state index contributed by atoms with van der Waals surface area (Å²) < 4.78 is 31.8. The molecule has 0 spiro atoms. The van der Waals surface area contributed by atoms with E-state index in [1.165, 1.54) is 6.92 Å². The van der Waals surface area contributed by atoms with Crippen molar-refractivity contribution in [3.8, 4) is 0 Å². The number of carbonyl (C=O) groups excluding carboxylic acids is 1. The maximum absolute atomic E-state index is 13.6. The summed E-state index contributed by atoms with van der Waals surface area (Å²) >= 11 is 5.93. The van der Waals surface area contributed by atoms with E-state index in [1.54, 1.807) is 0 Å². The van der Waals surface area contributed by atoms with Gasteiger partial charge >= 0.3 is 11.9 Å². The third kappa shape index (κ3) is 2.98. The Balaban J connectivity index is 3.10. The van der Waals surface area contributed by atoms with Crippen molar-refractivity contribution in [3.05, 3.63) is 26.9 Å². The van der Waals surface area contributed by atoms with Gasteiger partial charge in [0.15, 0.2) is 0 Å². The Morgan fingerprint density at radius 3 is 2.38 bits per heavy atom. The quantitative estimate of drug-likeness (QED) is 0.615. The smallest absolute Gasteiger partial charge is 0.381 e. The lowest BCUT2D eigenvalue weighted by Crippen LogP contribution is -2.28. The molecular weight excluding hydrogens is 352 g/mol. The van der Waals surface area contributed by atoms with Crippen LogP contribution in [0, 0.1) is 0 Å². The molecule has 0 saturated carbocycles. The van der Waals surface area contributed by atoms with Crippen molar-refractivity contribution in [2.24, 2.45) is 0 Å². The average molecular weight is 359 g/mol. The summed E-state index contributed by atoms with van der Waals surface area (Å²) in [6, 6.07) is 2.14.